The lowest BCUT2D eigenvalue weighted by atomic mass is 10.3. The lowest BCUT2D eigenvalue weighted by Gasteiger charge is -2.10. The van der Waals surface area contributed by atoms with Crippen LogP contribution in [0.15, 0.2) is 41.4 Å². The molecule has 2 rings (SSSR count). The van der Waals surface area contributed by atoms with Crippen LogP contribution in [0.2, 0.25) is 0 Å². The molecule has 2 aromatic rings. The number of nitrogens with two attached hydrogens (primary N) is 1. The van der Waals surface area contributed by atoms with Crippen molar-refractivity contribution < 1.29 is 13.3 Å². The van der Waals surface area contributed by atoms with Crippen LogP contribution in [0, 0.1) is 17.0 Å². The number of aryl methyl sites for hydroxylation is 1. The van der Waals surface area contributed by atoms with Crippen LogP contribution in [-0.4, -0.2) is 18.3 Å². The number of nitrogens with one attached hydrogen (secondary N) is 1. The molecule has 9 heteroatoms. The Balaban J connectivity index is 2.53. The summed E-state index contributed by atoms with van der Waals surface area (Å²) in [6.45, 7) is 1.67. The molecule has 0 unspecified atom stereocenters. The van der Waals surface area contributed by atoms with Crippen LogP contribution in [-0.2, 0) is 10.0 Å². The quantitative estimate of drug-likeness (QED) is 0.502. The van der Waals surface area contributed by atoms with Gasteiger partial charge in [0.2, 0.25) is 0 Å². The van der Waals surface area contributed by atoms with Gasteiger partial charge >= 0.3 is 5.69 Å². The Morgan fingerprint density at radius 2 is 2.00 bits per heavy atom. The second kappa shape index (κ2) is 5.37. The zero-order valence-electron chi connectivity index (χ0n) is 11.0. The number of nitro benzene ring substituents is 1. The molecule has 1 aromatic heterocycles. The largest absolute Gasteiger partial charge is 0.393 e. The molecule has 0 aliphatic heterocycles. The fourth-order valence-electron chi connectivity index (χ4n) is 1.73. The van der Waals surface area contributed by atoms with E-state index in [2.05, 4.69) is 9.71 Å². The summed E-state index contributed by atoms with van der Waals surface area (Å²) in [4.78, 5) is 13.6. The fraction of sp³-hybridized carbons (Fsp3) is 0.0833. The van der Waals surface area contributed by atoms with E-state index in [9.17, 15) is 18.5 Å². The number of nitro groups is 1. The molecule has 0 bridgehead atoms. The van der Waals surface area contributed by atoms with Gasteiger partial charge in [-0.15, -0.1) is 0 Å². The second-order valence-electron chi connectivity index (χ2n) is 4.23. The van der Waals surface area contributed by atoms with Crippen molar-refractivity contribution in [3.8, 4) is 0 Å². The average molecular weight is 308 g/mol. The highest BCUT2D eigenvalue weighted by atomic mass is 32.2. The number of rotatable bonds is 4. The van der Waals surface area contributed by atoms with Crippen molar-refractivity contribution in [2.24, 2.45) is 0 Å². The van der Waals surface area contributed by atoms with Crippen LogP contribution in [0.5, 0.6) is 0 Å². The lowest BCUT2D eigenvalue weighted by molar-refractivity contribution is -0.386. The first-order chi connectivity index (χ1) is 9.83. The van der Waals surface area contributed by atoms with Crippen molar-refractivity contribution in [2.75, 3.05) is 10.5 Å². The third kappa shape index (κ3) is 2.92. The fourth-order valence-corrected chi connectivity index (χ4v) is 3.01. The van der Waals surface area contributed by atoms with Crippen LogP contribution in [0.4, 0.5) is 17.2 Å². The van der Waals surface area contributed by atoms with E-state index in [1.165, 1.54) is 18.3 Å². The predicted molar refractivity (Wildman–Crippen MR) is 77.3 cm³/mol. The van der Waals surface area contributed by atoms with Crippen LogP contribution in [0.25, 0.3) is 0 Å². The van der Waals surface area contributed by atoms with E-state index < -0.39 is 25.5 Å². The summed E-state index contributed by atoms with van der Waals surface area (Å²) in [7, 11) is -4.17. The number of benzene rings is 1. The number of hydrogen-bond acceptors (Lipinski definition) is 6. The molecule has 8 nitrogen and oxygen atoms in total. The Hall–Kier alpha value is -2.68. The predicted octanol–water partition coefficient (Wildman–Crippen LogP) is 1.68. The topological polar surface area (TPSA) is 128 Å². The Bertz CT molecular complexity index is 805. The van der Waals surface area contributed by atoms with E-state index in [0.717, 1.165) is 6.07 Å². The molecule has 21 heavy (non-hydrogen) atoms. The minimum absolute atomic E-state index is 0.106. The highest BCUT2D eigenvalue weighted by Gasteiger charge is 2.28. The van der Waals surface area contributed by atoms with E-state index in [4.69, 9.17) is 5.73 Å². The Kier molecular flexibility index (Phi) is 3.76. The summed E-state index contributed by atoms with van der Waals surface area (Å²) in [5.74, 6) is 0.106. The Labute approximate surface area is 120 Å². The van der Waals surface area contributed by atoms with Gasteiger partial charge in [-0.1, -0.05) is 12.1 Å². The highest BCUT2D eigenvalue weighted by Crippen LogP contribution is 2.30. The maximum atomic E-state index is 12.3. The Morgan fingerprint density at radius 3 is 2.62 bits per heavy atom. The van der Waals surface area contributed by atoms with E-state index in [1.54, 1.807) is 19.1 Å². The smallest absolute Gasteiger partial charge is 0.312 e. The van der Waals surface area contributed by atoms with E-state index in [0.29, 0.717) is 5.56 Å². The molecule has 0 atom stereocenters. The van der Waals surface area contributed by atoms with Crippen LogP contribution >= 0.6 is 0 Å². The first-order valence-corrected chi connectivity index (χ1v) is 7.28. The summed E-state index contributed by atoms with van der Waals surface area (Å²) in [5.41, 5.74) is 5.21. The summed E-state index contributed by atoms with van der Waals surface area (Å²) in [6, 6.07) is 7.04. The molecular formula is C12H12N4O4S. The first kappa shape index (κ1) is 14.7. The molecule has 0 radical (unpaired) electrons. The SMILES string of the molecule is Cc1cccnc1NS(=O)(=O)c1cccc(N)c1[N+](=O)[O-]. The van der Waals surface area contributed by atoms with Crippen LogP contribution < -0.4 is 10.5 Å². The minimum Gasteiger partial charge on any atom is -0.393 e. The maximum absolute atomic E-state index is 12.3. The van der Waals surface area contributed by atoms with Crippen molar-refractivity contribution in [1.29, 1.82) is 0 Å². The molecule has 0 spiro atoms. The molecule has 0 amide bonds. The van der Waals surface area contributed by atoms with Gasteiger partial charge in [0.15, 0.2) is 4.90 Å². The van der Waals surface area contributed by atoms with Gasteiger partial charge in [0.25, 0.3) is 10.0 Å². The van der Waals surface area contributed by atoms with Crippen molar-refractivity contribution >= 4 is 27.2 Å². The molecule has 3 N–H and O–H groups in total. The van der Waals surface area contributed by atoms with E-state index in [1.807, 2.05) is 0 Å². The maximum Gasteiger partial charge on any atom is 0.312 e. The van der Waals surface area contributed by atoms with Crippen LogP contribution in [0.3, 0.4) is 0 Å². The molecule has 0 saturated carbocycles. The molecule has 1 aromatic carbocycles. The minimum atomic E-state index is -4.17. The second-order valence-corrected chi connectivity index (χ2v) is 5.88. The summed E-state index contributed by atoms with van der Waals surface area (Å²) < 4.78 is 26.9. The third-order valence-corrected chi connectivity index (χ3v) is 4.11. The molecular weight excluding hydrogens is 296 g/mol. The molecule has 1 heterocycles. The number of hydrogen-bond donors (Lipinski definition) is 2. The number of nitrogen functional groups attached to an aromatic ring is 1. The Morgan fingerprint density at radius 1 is 1.29 bits per heavy atom. The number of aromatic nitrogens is 1. The highest BCUT2D eigenvalue weighted by molar-refractivity contribution is 7.92. The molecule has 0 saturated heterocycles. The molecule has 0 aliphatic carbocycles. The zero-order valence-corrected chi connectivity index (χ0v) is 11.8. The third-order valence-electron chi connectivity index (χ3n) is 2.74. The summed E-state index contributed by atoms with van der Waals surface area (Å²) >= 11 is 0. The van der Waals surface area contributed by atoms with Gasteiger partial charge < -0.3 is 5.73 Å². The van der Waals surface area contributed by atoms with Gasteiger partial charge in [0.05, 0.1) is 4.92 Å². The molecule has 110 valence electrons. The first-order valence-electron chi connectivity index (χ1n) is 5.80. The molecule has 0 fully saturated rings. The number of anilines is 2. The lowest BCUT2D eigenvalue weighted by Crippen LogP contribution is -2.17. The monoisotopic (exact) mass is 308 g/mol. The van der Waals surface area contributed by atoms with Gasteiger partial charge in [-0.25, -0.2) is 13.4 Å². The van der Waals surface area contributed by atoms with Crippen LogP contribution in [0.1, 0.15) is 5.56 Å². The van der Waals surface area contributed by atoms with Gasteiger partial charge in [0.1, 0.15) is 11.5 Å². The van der Waals surface area contributed by atoms with Crippen molar-refractivity contribution in [3.63, 3.8) is 0 Å². The van der Waals surface area contributed by atoms with Gasteiger partial charge in [-0.2, -0.15) is 0 Å². The average Bonchev–Trinajstić information content (AvgIpc) is 2.40. The zero-order chi connectivity index (χ0) is 15.6. The number of sulfonamides is 1. The summed E-state index contributed by atoms with van der Waals surface area (Å²) in [6.07, 6.45) is 1.42. The number of para-hydroxylation sites is 1. The number of nitrogens with zero attached hydrogens (tertiary/aromatic N) is 2. The standard InChI is InChI=1S/C12H12N4O4S/c1-8-4-3-7-14-12(8)15-21(19,20)10-6-2-5-9(13)11(10)16(17)18/h2-7H,13H2,1H3,(H,14,15). The van der Waals surface area contributed by atoms with E-state index >= 15 is 0 Å². The van der Waals surface area contributed by atoms with Crippen molar-refractivity contribution in [2.45, 2.75) is 11.8 Å². The van der Waals surface area contributed by atoms with Gasteiger partial charge in [-0.3, -0.25) is 14.8 Å². The van der Waals surface area contributed by atoms with Crippen molar-refractivity contribution in [3.05, 3.63) is 52.2 Å². The normalized spacial score (nSPS) is 11.1. The molecule has 0 aliphatic rings. The van der Waals surface area contributed by atoms with Gasteiger partial charge in [0, 0.05) is 6.20 Å². The van der Waals surface area contributed by atoms with Crippen molar-refractivity contribution in [1.82, 2.24) is 4.98 Å². The number of pyridine rings is 1. The van der Waals surface area contributed by atoms with Gasteiger partial charge in [-0.05, 0) is 30.7 Å². The van der Waals surface area contributed by atoms with E-state index in [-0.39, 0.29) is 11.5 Å². The summed E-state index contributed by atoms with van der Waals surface area (Å²) in [5, 5.41) is 11.0.